The summed E-state index contributed by atoms with van der Waals surface area (Å²) in [6.07, 6.45) is 1.38. The van der Waals surface area contributed by atoms with Crippen LogP contribution >= 0.6 is 7.60 Å². The van der Waals surface area contributed by atoms with E-state index in [4.69, 9.17) is 0 Å². The molecule has 1 aromatic carbocycles. The van der Waals surface area contributed by atoms with Crippen LogP contribution in [0.5, 0.6) is 0 Å². The minimum Gasteiger partial charge on any atom is -0.309 e. The van der Waals surface area contributed by atoms with E-state index in [-0.39, 0.29) is 5.82 Å². The molecule has 0 aromatic heterocycles. The zero-order chi connectivity index (χ0) is 11.3. The highest BCUT2D eigenvalue weighted by atomic mass is 31.2. The van der Waals surface area contributed by atoms with Crippen molar-refractivity contribution in [2.45, 2.75) is 0 Å². The normalized spacial score (nSPS) is 12.2. The second-order valence-electron chi connectivity index (χ2n) is 2.74. The lowest BCUT2D eigenvalue weighted by atomic mass is 10.2. The summed E-state index contributed by atoms with van der Waals surface area (Å²) in [5.41, 5.74) is 0.340. The molecule has 0 aliphatic carbocycles. The molecule has 1 rings (SSSR count). The summed E-state index contributed by atoms with van der Waals surface area (Å²) in [5.74, 6) is 0.846. The summed E-state index contributed by atoms with van der Waals surface area (Å²) in [4.78, 5) is 0. The van der Waals surface area contributed by atoms with Gasteiger partial charge >= 0.3 is 7.60 Å². The lowest BCUT2D eigenvalue weighted by Gasteiger charge is -2.07. The average molecular weight is 230 g/mol. The predicted octanol–water partition coefficient (Wildman–Crippen LogP) is 3.28. The van der Waals surface area contributed by atoms with Crippen molar-refractivity contribution in [1.82, 2.24) is 0 Å². The SMILES string of the molecule is COP(=O)(/C=C/c1ccccc1F)OC. The van der Waals surface area contributed by atoms with Crippen LogP contribution in [0, 0.1) is 5.82 Å². The summed E-state index contributed by atoms with van der Waals surface area (Å²) >= 11 is 0. The molecule has 0 radical (unpaired) electrons. The zero-order valence-electron chi connectivity index (χ0n) is 8.51. The van der Waals surface area contributed by atoms with Gasteiger partial charge in [0.15, 0.2) is 0 Å². The first kappa shape index (κ1) is 12.1. The maximum atomic E-state index is 13.2. The fourth-order valence-electron chi connectivity index (χ4n) is 0.978. The molecule has 0 N–H and O–H groups in total. The molecule has 0 amide bonds. The molecule has 0 aliphatic heterocycles. The van der Waals surface area contributed by atoms with Gasteiger partial charge in [0.25, 0.3) is 0 Å². The van der Waals surface area contributed by atoms with E-state index in [2.05, 4.69) is 9.05 Å². The molecule has 5 heteroatoms. The van der Waals surface area contributed by atoms with Gasteiger partial charge in [-0.15, -0.1) is 0 Å². The van der Waals surface area contributed by atoms with E-state index >= 15 is 0 Å². The Kier molecular flexibility index (Phi) is 4.21. The van der Waals surface area contributed by atoms with E-state index in [1.165, 1.54) is 32.2 Å². The van der Waals surface area contributed by atoms with Gasteiger partial charge in [0.05, 0.1) is 0 Å². The number of hydrogen-bond acceptors (Lipinski definition) is 3. The van der Waals surface area contributed by atoms with Crippen LogP contribution in [-0.2, 0) is 13.6 Å². The Hall–Kier alpha value is -0.960. The molecule has 3 nitrogen and oxygen atoms in total. The maximum Gasteiger partial charge on any atom is 0.353 e. The summed E-state index contributed by atoms with van der Waals surface area (Å²) in [7, 11) is -0.666. The maximum absolute atomic E-state index is 13.2. The zero-order valence-corrected chi connectivity index (χ0v) is 9.41. The van der Waals surface area contributed by atoms with Gasteiger partial charge in [-0.05, 0) is 12.1 Å². The fourth-order valence-corrected chi connectivity index (χ4v) is 1.71. The molecule has 0 saturated heterocycles. The van der Waals surface area contributed by atoms with Crippen LogP contribution < -0.4 is 0 Å². The summed E-state index contributed by atoms with van der Waals surface area (Å²) in [6.45, 7) is 0. The van der Waals surface area contributed by atoms with Crippen LogP contribution in [-0.4, -0.2) is 14.2 Å². The van der Waals surface area contributed by atoms with Crippen molar-refractivity contribution in [2.24, 2.45) is 0 Å². The molecule has 15 heavy (non-hydrogen) atoms. The number of rotatable bonds is 4. The van der Waals surface area contributed by atoms with Crippen LogP contribution in [0.15, 0.2) is 30.1 Å². The highest BCUT2D eigenvalue weighted by molar-refractivity contribution is 7.57. The minimum absolute atomic E-state index is 0.340. The van der Waals surface area contributed by atoms with Crippen LogP contribution in [0.25, 0.3) is 6.08 Å². The van der Waals surface area contributed by atoms with Gasteiger partial charge in [-0.25, -0.2) is 4.39 Å². The van der Waals surface area contributed by atoms with Crippen molar-refractivity contribution < 1.29 is 18.0 Å². The first-order chi connectivity index (χ1) is 7.11. The molecule has 0 bridgehead atoms. The Bertz CT molecular complexity index is 395. The third-order valence-electron chi connectivity index (χ3n) is 1.85. The van der Waals surface area contributed by atoms with Crippen molar-refractivity contribution in [3.05, 3.63) is 41.5 Å². The molecular formula is C10H12FO3P. The Morgan fingerprint density at radius 3 is 2.40 bits per heavy atom. The standard InChI is InChI=1S/C10H12FO3P/c1-13-15(12,14-2)8-7-9-5-3-4-6-10(9)11/h3-8H,1-2H3/b8-7+. The van der Waals surface area contributed by atoms with Crippen LogP contribution in [0.1, 0.15) is 5.56 Å². The summed E-state index contributed by atoms with van der Waals surface area (Å²) in [6, 6.07) is 6.16. The molecule has 0 saturated carbocycles. The molecule has 1 aromatic rings. The quantitative estimate of drug-likeness (QED) is 0.744. The first-order valence-electron chi connectivity index (χ1n) is 4.26. The summed E-state index contributed by atoms with van der Waals surface area (Å²) in [5, 5.41) is 0. The molecule has 0 unspecified atom stereocenters. The van der Waals surface area contributed by atoms with E-state index in [1.807, 2.05) is 0 Å². The van der Waals surface area contributed by atoms with Crippen LogP contribution in [0.2, 0.25) is 0 Å². The second kappa shape index (κ2) is 5.21. The highest BCUT2D eigenvalue weighted by Crippen LogP contribution is 2.48. The molecule has 0 spiro atoms. The molecule has 0 fully saturated rings. The number of hydrogen-bond donors (Lipinski definition) is 0. The Labute approximate surface area is 88.1 Å². The lowest BCUT2D eigenvalue weighted by Crippen LogP contribution is -1.84. The van der Waals surface area contributed by atoms with E-state index in [0.717, 1.165) is 0 Å². The third kappa shape index (κ3) is 3.27. The third-order valence-corrected chi connectivity index (χ3v) is 3.38. The summed E-state index contributed by atoms with van der Waals surface area (Å²) < 4.78 is 34.1. The van der Waals surface area contributed by atoms with Crippen molar-refractivity contribution >= 4 is 13.7 Å². The van der Waals surface area contributed by atoms with E-state index in [1.54, 1.807) is 18.2 Å². The van der Waals surface area contributed by atoms with Crippen LogP contribution in [0.3, 0.4) is 0 Å². The Balaban J connectivity index is 2.91. The highest BCUT2D eigenvalue weighted by Gasteiger charge is 2.15. The van der Waals surface area contributed by atoms with Gasteiger partial charge in [-0.3, -0.25) is 4.57 Å². The molecule has 0 aliphatic rings. The topological polar surface area (TPSA) is 35.5 Å². The smallest absolute Gasteiger partial charge is 0.309 e. The van der Waals surface area contributed by atoms with Crippen molar-refractivity contribution in [2.75, 3.05) is 14.2 Å². The van der Waals surface area contributed by atoms with Crippen molar-refractivity contribution in [1.29, 1.82) is 0 Å². The molecular weight excluding hydrogens is 218 g/mol. The van der Waals surface area contributed by atoms with E-state index in [0.29, 0.717) is 5.56 Å². The predicted molar refractivity (Wildman–Crippen MR) is 57.1 cm³/mol. The molecule has 0 atom stereocenters. The number of benzene rings is 1. The molecule has 0 heterocycles. The minimum atomic E-state index is -3.21. The largest absolute Gasteiger partial charge is 0.353 e. The monoisotopic (exact) mass is 230 g/mol. The van der Waals surface area contributed by atoms with Gasteiger partial charge in [-0.2, -0.15) is 0 Å². The van der Waals surface area contributed by atoms with Gasteiger partial charge in [0.1, 0.15) is 5.82 Å². The molecule has 82 valence electrons. The van der Waals surface area contributed by atoms with Crippen molar-refractivity contribution in [3.8, 4) is 0 Å². The average Bonchev–Trinajstić information content (AvgIpc) is 2.28. The van der Waals surface area contributed by atoms with Gasteiger partial charge in [0.2, 0.25) is 0 Å². The fraction of sp³-hybridized carbons (Fsp3) is 0.200. The van der Waals surface area contributed by atoms with Gasteiger partial charge in [-0.1, -0.05) is 18.2 Å². The second-order valence-corrected chi connectivity index (χ2v) is 4.85. The van der Waals surface area contributed by atoms with Gasteiger partial charge in [0, 0.05) is 25.6 Å². The Morgan fingerprint density at radius 2 is 1.87 bits per heavy atom. The van der Waals surface area contributed by atoms with Gasteiger partial charge < -0.3 is 9.05 Å². The van der Waals surface area contributed by atoms with E-state index in [9.17, 15) is 8.96 Å². The Morgan fingerprint density at radius 1 is 1.27 bits per heavy atom. The first-order valence-corrected chi connectivity index (χ1v) is 5.87. The van der Waals surface area contributed by atoms with Crippen molar-refractivity contribution in [3.63, 3.8) is 0 Å². The van der Waals surface area contributed by atoms with E-state index < -0.39 is 7.60 Å². The lowest BCUT2D eigenvalue weighted by molar-refractivity contribution is 0.286. The van der Waals surface area contributed by atoms with Crippen LogP contribution in [0.4, 0.5) is 4.39 Å². The number of halogens is 1.